The van der Waals surface area contributed by atoms with Crippen molar-refractivity contribution in [1.29, 1.82) is 0 Å². The van der Waals surface area contributed by atoms with Crippen LogP contribution < -0.4 is 15.4 Å². The van der Waals surface area contributed by atoms with E-state index in [9.17, 15) is 8.42 Å². The van der Waals surface area contributed by atoms with Crippen molar-refractivity contribution in [3.8, 4) is 5.75 Å². The van der Waals surface area contributed by atoms with E-state index in [2.05, 4.69) is 15.6 Å². The Morgan fingerprint density at radius 1 is 1.14 bits per heavy atom. The summed E-state index contributed by atoms with van der Waals surface area (Å²) in [5, 5.41) is 6.41. The van der Waals surface area contributed by atoms with Crippen LogP contribution in [-0.2, 0) is 23.0 Å². The van der Waals surface area contributed by atoms with Crippen molar-refractivity contribution >= 4 is 15.8 Å². The minimum absolute atomic E-state index is 0.0802. The zero-order valence-corrected chi connectivity index (χ0v) is 16.9. The molecule has 1 heterocycles. The van der Waals surface area contributed by atoms with Crippen molar-refractivity contribution in [3.05, 3.63) is 65.7 Å². The number of ether oxygens (including phenoxy) is 1. The SMILES string of the molecule is CCNC(=NCc1cccc(OCc2ccccc2)c1)NC1CCS(=O)(=O)C1. The Labute approximate surface area is 167 Å². The highest BCUT2D eigenvalue weighted by atomic mass is 32.2. The summed E-state index contributed by atoms with van der Waals surface area (Å²) < 4.78 is 29.2. The van der Waals surface area contributed by atoms with E-state index in [-0.39, 0.29) is 17.5 Å². The highest BCUT2D eigenvalue weighted by Gasteiger charge is 2.28. The van der Waals surface area contributed by atoms with Gasteiger partial charge in [-0.15, -0.1) is 0 Å². The van der Waals surface area contributed by atoms with Crippen LogP contribution in [0.2, 0.25) is 0 Å². The van der Waals surface area contributed by atoms with Crippen molar-refractivity contribution in [3.63, 3.8) is 0 Å². The van der Waals surface area contributed by atoms with Gasteiger partial charge in [-0.05, 0) is 36.6 Å². The number of nitrogens with zero attached hydrogens (tertiary/aromatic N) is 1. The zero-order chi connectivity index (χ0) is 19.8. The molecule has 0 saturated carbocycles. The molecule has 0 radical (unpaired) electrons. The van der Waals surface area contributed by atoms with E-state index < -0.39 is 9.84 Å². The number of rotatable bonds is 7. The molecule has 1 aliphatic rings. The number of hydrogen-bond acceptors (Lipinski definition) is 4. The second-order valence-corrected chi connectivity index (χ2v) is 9.09. The summed E-state index contributed by atoms with van der Waals surface area (Å²) in [5.41, 5.74) is 2.15. The second kappa shape index (κ2) is 9.59. The van der Waals surface area contributed by atoms with Gasteiger partial charge >= 0.3 is 0 Å². The topological polar surface area (TPSA) is 79.8 Å². The van der Waals surface area contributed by atoms with E-state index in [0.29, 0.717) is 32.1 Å². The summed E-state index contributed by atoms with van der Waals surface area (Å²) >= 11 is 0. The Hall–Kier alpha value is -2.54. The maximum Gasteiger partial charge on any atom is 0.191 e. The highest BCUT2D eigenvalue weighted by molar-refractivity contribution is 7.91. The van der Waals surface area contributed by atoms with Gasteiger partial charge in [0.15, 0.2) is 15.8 Å². The quantitative estimate of drug-likeness (QED) is 0.550. The van der Waals surface area contributed by atoms with Crippen LogP contribution in [0.4, 0.5) is 0 Å². The fourth-order valence-corrected chi connectivity index (χ4v) is 4.74. The third-order valence-corrected chi connectivity index (χ3v) is 6.25. The Balaban J connectivity index is 1.59. The molecule has 2 aromatic rings. The molecular formula is C21H27N3O3S. The summed E-state index contributed by atoms with van der Waals surface area (Å²) in [6.07, 6.45) is 0.621. The summed E-state index contributed by atoms with van der Waals surface area (Å²) in [6.45, 7) is 3.71. The molecule has 0 amide bonds. The minimum Gasteiger partial charge on any atom is -0.489 e. The van der Waals surface area contributed by atoms with Gasteiger partial charge in [0.25, 0.3) is 0 Å². The molecule has 1 saturated heterocycles. The van der Waals surface area contributed by atoms with Crippen LogP contribution in [0.5, 0.6) is 5.75 Å². The monoisotopic (exact) mass is 401 g/mol. The number of nitrogens with one attached hydrogen (secondary N) is 2. The molecule has 0 spiro atoms. The van der Waals surface area contributed by atoms with Gasteiger partial charge < -0.3 is 15.4 Å². The predicted octanol–water partition coefficient (Wildman–Crippen LogP) is 2.51. The minimum atomic E-state index is -2.92. The molecule has 2 N–H and O–H groups in total. The fraction of sp³-hybridized carbons (Fsp3) is 0.381. The van der Waals surface area contributed by atoms with Crippen LogP contribution in [0, 0.1) is 0 Å². The third kappa shape index (κ3) is 6.27. The molecular weight excluding hydrogens is 374 g/mol. The molecule has 28 heavy (non-hydrogen) atoms. The average molecular weight is 402 g/mol. The van der Waals surface area contributed by atoms with Crippen molar-refractivity contribution in [2.24, 2.45) is 4.99 Å². The molecule has 1 atom stereocenters. The first-order valence-electron chi connectivity index (χ1n) is 9.55. The van der Waals surface area contributed by atoms with E-state index in [1.165, 1.54) is 0 Å². The first-order chi connectivity index (χ1) is 13.5. The van der Waals surface area contributed by atoms with Crippen molar-refractivity contribution in [2.75, 3.05) is 18.1 Å². The van der Waals surface area contributed by atoms with Crippen LogP contribution in [0.3, 0.4) is 0 Å². The smallest absolute Gasteiger partial charge is 0.191 e. The second-order valence-electron chi connectivity index (χ2n) is 6.86. The molecule has 0 aromatic heterocycles. The predicted molar refractivity (Wildman–Crippen MR) is 112 cm³/mol. The molecule has 0 aliphatic carbocycles. The van der Waals surface area contributed by atoms with Gasteiger partial charge in [-0.1, -0.05) is 42.5 Å². The Morgan fingerprint density at radius 3 is 2.64 bits per heavy atom. The lowest BCUT2D eigenvalue weighted by Gasteiger charge is -2.16. The molecule has 2 aromatic carbocycles. The molecule has 150 valence electrons. The Bertz CT molecular complexity index is 898. The third-order valence-electron chi connectivity index (χ3n) is 4.48. The number of benzene rings is 2. The van der Waals surface area contributed by atoms with Gasteiger partial charge in [-0.2, -0.15) is 0 Å². The molecule has 1 unspecified atom stereocenters. The summed E-state index contributed by atoms with van der Waals surface area (Å²) in [4.78, 5) is 4.60. The number of hydrogen-bond donors (Lipinski definition) is 2. The van der Waals surface area contributed by atoms with E-state index in [4.69, 9.17) is 4.74 Å². The van der Waals surface area contributed by atoms with Gasteiger partial charge in [0.2, 0.25) is 0 Å². The van der Waals surface area contributed by atoms with E-state index >= 15 is 0 Å². The standard InChI is InChI=1S/C21H27N3O3S/c1-2-22-21(24-19-11-12-28(25,26)16-19)23-14-18-9-6-10-20(13-18)27-15-17-7-4-3-5-8-17/h3-10,13,19H,2,11-12,14-16H2,1H3,(H2,22,23,24). The van der Waals surface area contributed by atoms with Crippen molar-refractivity contribution in [2.45, 2.75) is 32.5 Å². The Kier molecular flexibility index (Phi) is 6.92. The number of guanidine groups is 1. The zero-order valence-electron chi connectivity index (χ0n) is 16.1. The van der Waals surface area contributed by atoms with Gasteiger partial charge in [0.05, 0.1) is 18.1 Å². The van der Waals surface area contributed by atoms with Crippen LogP contribution in [0.25, 0.3) is 0 Å². The fourth-order valence-electron chi connectivity index (χ4n) is 3.07. The van der Waals surface area contributed by atoms with Gasteiger partial charge in [-0.25, -0.2) is 13.4 Å². The van der Waals surface area contributed by atoms with Crippen LogP contribution in [0.1, 0.15) is 24.5 Å². The summed E-state index contributed by atoms with van der Waals surface area (Å²) in [5.74, 6) is 1.85. The largest absolute Gasteiger partial charge is 0.489 e. The van der Waals surface area contributed by atoms with Crippen molar-refractivity contribution in [1.82, 2.24) is 10.6 Å². The summed E-state index contributed by atoms with van der Waals surface area (Å²) in [6, 6.07) is 17.8. The number of aliphatic imine (C=N–C) groups is 1. The maximum absolute atomic E-state index is 11.6. The molecule has 1 aliphatic heterocycles. The molecule has 7 heteroatoms. The van der Waals surface area contributed by atoms with Crippen LogP contribution in [0.15, 0.2) is 59.6 Å². The molecule has 0 bridgehead atoms. The lowest BCUT2D eigenvalue weighted by Crippen LogP contribution is -2.44. The van der Waals surface area contributed by atoms with E-state index in [1.54, 1.807) is 0 Å². The molecule has 3 rings (SSSR count). The van der Waals surface area contributed by atoms with Gasteiger partial charge in [-0.3, -0.25) is 0 Å². The van der Waals surface area contributed by atoms with Crippen LogP contribution in [-0.4, -0.2) is 38.5 Å². The number of sulfone groups is 1. The Morgan fingerprint density at radius 2 is 1.93 bits per heavy atom. The normalized spacial score (nSPS) is 18.6. The van der Waals surface area contributed by atoms with E-state index in [0.717, 1.165) is 16.9 Å². The first-order valence-corrected chi connectivity index (χ1v) is 11.4. The highest BCUT2D eigenvalue weighted by Crippen LogP contribution is 2.16. The average Bonchev–Trinajstić information content (AvgIpc) is 3.04. The van der Waals surface area contributed by atoms with Crippen LogP contribution >= 0.6 is 0 Å². The van der Waals surface area contributed by atoms with Gasteiger partial charge in [0.1, 0.15) is 12.4 Å². The summed E-state index contributed by atoms with van der Waals surface area (Å²) in [7, 11) is -2.92. The molecule has 6 nitrogen and oxygen atoms in total. The van der Waals surface area contributed by atoms with E-state index in [1.807, 2.05) is 61.5 Å². The lowest BCUT2D eigenvalue weighted by molar-refractivity contribution is 0.306. The van der Waals surface area contributed by atoms with Gasteiger partial charge in [0, 0.05) is 12.6 Å². The first kappa shape index (κ1) is 20.2. The van der Waals surface area contributed by atoms with Crippen molar-refractivity contribution < 1.29 is 13.2 Å². The lowest BCUT2D eigenvalue weighted by atomic mass is 10.2. The maximum atomic E-state index is 11.6. The molecule has 1 fully saturated rings.